The van der Waals surface area contributed by atoms with E-state index in [0.717, 1.165) is 16.8 Å². The topological polar surface area (TPSA) is 32.3 Å². The molecule has 18 heavy (non-hydrogen) atoms. The van der Waals surface area contributed by atoms with Crippen molar-refractivity contribution < 1.29 is 9.50 Å². The molecule has 0 aliphatic carbocycles. The Bertz CT molecular complexity index is 572. The third kappa shape index (κ3) is 3.01. The molecule has 2 aromatic carbocycles. The monoisotopic (exact) mass is 309 g/mol. The fraction of sp³-hybridized carbons (Fsp3) is 0.143. The molecule has 0 spiro atoms. The van der Waals surface area contributed by atoms with Crippen LogP contribution in [0.3, 0.4) is 0 Å². The van der Waals surface area contributed by atoms with Crippen LogP contribution in [0.1, 0.15) is 11.1 Å². The number of hydrogen-bond acceptors (Lipinski definition) is 2. The molecule has 0 atom stereocenters. The molecule has 94 valence electrons. The largest absolute Gasteiger partial charge is 0.508 e. The molecule has 2 aromatic rings. The zero-order valence-corrected chi connectivity index (χ0v) is 11.5. The summed E-state index contributed by atoms with van der Waals surface area (Å²) < 4.78 is 13.5. The van der Waals surface area contributed by atoms with Crippen LogP contribution in [0.25, 0.3) is 0 Å². The van der Waals surface area contributed by atoms with E-state index in [1.165, 1.54) is 6.07 Å². The first-order chi connectivity index (χ1) is 8.56. The zero-order valence-electron chi connectivity index (χ0n) is 9.87. The summed E-state index contributed by atoms with van der Waals surface area (Å²) in [5, 5.41) is 12.6. The summed E-state index contributed by atoms with van der Waals surface area (Å²) in [6.45, 7) is 2.52. The standard InChI is InChI=1S/C14H13BrFNO/c1-9-6-11(18)3-5-14(9)17-8-10-2-4-13(16)12(15)7-10/h2-7,17-18H,8H2,1H3. The van der Waals surface area contributed by atoms with Gasteiger partial charge in [0.2, 0.25) is 0 Å². The molecule has 0 aromatic heterocycles. The Morgan fingerprint density at radius 3 is 2.67 bits per heavy atom. The van der Waals surface area contributed by atoms with Gasteiger partial charge in [-0.25, -0.2) is 4.39 Å². The molecule has 0 heterocycles. The van der Waals surface area contributed by atoms with E-state index in [2.05, 4.69) is 21.2 Å². The number of nitrogens with one attached hydrogen (secondary N) is 1. The fourth-order valence-corrected chi connectivity index (χ4v) is 2.12. The summed E-state index contributed by atoms with van der Waals surface area (Å²) in [6, 6.07) is 10.1. The van der Waals surface area contributed by atoms with Crippen LogP contribution in [0.2, 0.25) is 0 Å². The van der Waals surface area contributed by atoms with E-state index in [-0.39, 0.29) is 11.6 Å². The molecule has 0 amide bonds. The maximum atomic E-state index is 13.1. The van der Waals surface area contributed by atoms with Gasteiger partial charge in [0.25, 0.3) is 0 Å². The lowest BCUT2D eigenvalue weighted by molar-refractivity contribution is 0.475. The Morgan fingerprint density at radius 1 is 1.22 bits per heavy atom. The van der Waals surface area contributed by atoms with E-state index in [0.29, 0.717) is 11.0 Å². The highest BCUT2D eigenvalue weighted by atomic mass is 79.9. The van der Waals surface area contributed by atoms with Crippen LogP contribution >= 0.6 is 15.9 Å². The molecular formula is C14H13BrFNO. The Balaban J connectivity index is 2.09. The van der Waals surface area contributed by atoms with Crippen LogP contribution in [0.5, 0.6) is 5.75 Å². The van der Waals surface area contributed by atoms with Gasteiger partial charge in [0.05, 0.1) is 4.47 Å². The smallest absolute Gasteiger partial charge is 0.137 e. The first-order valence-electron chi connectivity index (χ1n) is 5.53. The molecular weight excluding hydrogens is 297 g/mol. The van der Waals surface area contributed by atoms with Crippen molar-refractivity contribution >= 4 is 21.6 Å². The minimum atomic E-state index is -0.264. The number of aryl methyl sites for hydroxylation is 1. The normalized spacial score (nSPS) is 10.4. The van der Waals surface area contributed by atoms with Gasteiger partial charge in [0.1, 0.15) is 11.6 Å². The molecule has 4 heteroatoms. The Morgan fingerprint density at radius 2 is 2.00 bits per heavy atom. The van der Waals surface area contributed by atoms with Crippen molar-refractivity contribution in [2.24, 2.45) is 0 Å². The van der Waals surface area contributed by atoms with Crippen LogP contribution in [-0.2, 0) is 6.54 Å². The van der Waals surface area contributed by atoms with Crippen molar-refractivity contribution in [2.75, 3.05) is 5.32 Å². The second kappa shape index (κ2) is 5.40. The van der Waals surface area contributed by atoms with Gasteiger partial charge >= 0.3 is 0 Å². The third-order valence-corrected chi connectivity index (χ3v) is 3.28. The van der Waals surface area contributed by atoms with E-state index in [1.807, 2.05) is 13.0 Å². The molecule has 0 aliphatic rings. The van der Waals surface area contributed by atoms with Gasteiger partial charge in [-0.2, -0.15) is 0 Å². The van der Waals surface area contributed by atoms with Crippen molar-refractivity contribution in [2.45, 2.75) is 13.5 Å². The molecule has 0 aliphatic heterocycles. The van der Waals surface area contributed by atoms with Crippen molar-refractivity contribution in [3.63, 3.8) is 0 Å². The number of phenols is 1. The van der Waals surface area contributed by atoms with Gasteiger partial charge in [-0.1, -0.05) is 6.07 Å². The van der Waals surface area contributed by atoms with Crippen molar-refractivity contribution in [1.29, 1.82) is 0 Å². The van der Waals surface area contributed by atoms with Gasteiger partial charge in [-0.05, 0) is 64.3 Å². The van der Waals surface area contributed by atoms with Crippen LogP contribution in [0.15, 0.2) is 40.9 Å². The van der Waals surface area contributed by atoms with Crippen LogP contribution < -0.4 is 5.32 Å². The molecule has 0 radical (unpaired) electrons. The van der Waals surface area contributed by atoms with Gasteiger partial charge in [0.15, 0.2) is 0 Å². The molecule has 2 N–H and O–H groups in total. The van der Waals surface area contributed by atoms with E-state index < -0.39 is 0 Å². The van der Waals surface area contributed by atoms with Gasteiger partial charge in [0, 0.05) is 12.2 Å². The molecule has 2 rings (SSSR count). The molecule has 0 saturated heterocycles. The van der Waals surface area contributed by atoms with Crippen LogP contribution in [-0.4, -0.2) is 5.11 Å². The van der Waals surface area contributed by atoms with Gasteiger partial charge in [-0.3, -0.25) is 0 Å². The highest BCUT2D eigenvalue weighted by Crippen LogP contribution is 2.22. The van der Waals surface area contributed by atoms with Crippen LogP contribution in [0.4, 0.5) is 10.1 Å². The second-order valence-corrected chi connectivity index (χ2v) is 4.96. The SMILES string of the molecule is Cc1cc(O)ccc1NCc1ccc(F)c(Br)c1. The van der Waals surface area contributed by atoms with Crippen molar-refractivity contribution in [3.05, 3.63) is 57.8 Å². The average molecular weight is 310 g/mol. The average Bonchev–Trinajstić information content (AvgIpc) is 2.32. The summed E-state index contributed by atoms with van der Waals surface area (Å²) in [7, 11) is 0. The maximum Gasteiger partial charge on any atom is 0.137 e. The molecule has 0 saturated carbocycles. The predicted octanol–water partition coefficient (Wildman–Crippen LogP) is 4.21. The number of phenolic OH excluding ortho intramolecular Hbond substituents is 1. The Kier molecular flexibility index (Phi) is 3.87. The van der Waals surface area contributed by atoms with Crippen molar-refractivity contribution in [1.82, 2.24) is 0 Å². The van der Waals surface area contributed by atoms with Crippen molar-refractivity contribution in [3.8, 4) is 5.75 Å². The highest BCUT2D eigenvalue weighted by Gasteiger charge is 2.02. The van der Waals surface area contributed by atoms with E-state index in [4.69, 9.17) is 0 Å². The van der Waals surface area contributed by atoms with E-state index in [9.17, 15) is 9.50 Å². The Labute approximate surface area is 114 Å². The predicted molar refractivity (Wildman–Crippen MR) is 74.3 cm³/mol. The van der Waals surface area contributed by atoms with E-state index >= 15 is 0 Å². The first-order valence-corrected chi connectivity index (χ1v) is 6.33. The number of hydrogen-bond donors (Lipinski definition) is 2. The molecule has 0 fully saturated rings. The van der Waals surface area contributed by atoms with Gasteiger partial charge < -0.3 is 10.4 Å². The summed E-state index contributed by atoms with van der Waals surface area (Å²) in [5.41, 5.74) is 2.90. The molecule has 2 nitrogen and oxygen atoms in total. The summed E-state index contributed by atoms with van der Waals surface area (Å²) in [4.78, 5) is 0. The second-order valence-electron chi connectivity index (χ2n) is 4.10. The number of rotatable bonds is 3. The number of halogens is 2. The number of aromatic hydroxyl groups is 1. The molecule has 0 unspecified atom stereocenters. The maximum absolute atomic E-state index is 13.1. The minimum absolute atomic E-state index is 0.252. The lowest BCUT2D eigenvalue weighted by atomic mass is 10.1. The highest BCUT2D eigenvalue weighted by molar-refractivity contribution is 9.10. The summed E-state index contributed by atoms with van der Waals surface area (Å²) >= 11 is 3.16. The summed E-state index contributed by atoms with van der Waals surface area (Å²) in [6.07, 6.45) is 0. The summed E-state index contributed by atoms with van der Waals surface area (Å²) in [5.74, 6) is -0.0119. The van der Waals surface area contributed by atoms with Crippen LogP contribution in [0, 0.1) is 12.7 Å². The first kappa shape index (κ1) is 12.9. The third-order valence-electron chi connectivity index (χ3n) is 2.68. The molecule has 0 bridgehead atoms. The number of anilines is 1. The lowest BCUT2D eigenvalue weighted by Gasteiger charge is -2.10. The lowest BCUT2D eigenvalue weighted by Crippen LogP contribution is -2.01. The van der Waals surface area contributed by atoms with Gasteiger partial charge in [-0.15, -0.1) is 0 Å². The number of benzene rings is 2. The fourth-order valence-electron chi connectivity index (χ4n) is 1.69. The zero-order chi connectivity index (χ0) is 13.1. The van der Waals surface area contributed by atoms with E-state index in [1.54, 1.807) is 24.3 Å². The quantitative estimate of drug-likeness (QED) is 0.832. The Hall–Kier alpha value is -1.55. The minimum Gasteiger partial charge on any atom is -0.508 e.